The molecule has 5 N–H and O–H groups in total. The highest BCUT2D eigenvalue weighted by Gasteiger charge is 2.41. The minimum Gasteiger partial charge on any atom is -0.363 e. The first-order valence-electron chi connectivity index (χ1n) is 14.3. The van der Waals surface area contributed by atoms with Crippen LogP contribution < -0.4 is 21.7 Å². The van der Waals surface area contributed by atoms with E-state index in [-0.39, 0.29) is 29.9 Å². The quantitative estimate of drug-likeness (QED) is 0.237. The van der Waals surface area contributed by atoms with Crippen LogP contribution in [0.5, 0.6) is 0 Å². The molecule has 222 valence electrons. The number of Topliss-reactive ketones (excluding diaryl/α,β-unsaturated/α-hetero) is 1. The first kappa shape index (κ1) is 32.9. The van der Waals surface area contributed by atoms with E-state index in [1.807, 2.05) is 34.0 Å². The molecule has 0 saturated heterocycles. The van der Waals surface area contributed by atoms with Crippen LogP contribution in [0.25, 0.3) is 0 Å². The van der Waals surface area contributed by atoms with E-state index in [0.29, 0.717) is 12.8 Å². The molecule has 11 heteroatoms. The van der Waals surface area contributed by atoms with E-state index < -0.39 is 41.1 Å². The molecular formula is C28H49N5O5S. The smallest absolute Gasteiger partial charge is 0.315 e. The maximum Gasteiger partial charge on any atom is 0.315 e. The fourth-order valence-electron chi connectivity index (χ4n) is 5.29. The Morgan fingerprint density at radius 2 is 1.67 bits per heavy atom. The molecule has 0 aromatic heterocycles. The fourth-order valence-corrected chi connectivity index (χ4v) is 6.21. The summed E-state index contributed by atoms with van der Waals surface area (Å²) in [6.45, 7) is 9.41. The molecule has 0 spiro atoms. The van der Waals surface area contributed by atoms with Crippen molar-refractivity contribution in [2.75, 3.05) is 18.6 Å². The van der Waals surface area contributed by atoms with Gasteiger partial charge in [-0.1, -0.05) is 59.8 Å². The van der Waals surface area contributed by atoms with E-state index >= 15 is 0 Å². The van der Waals surface area contributed by atoms with E-state index in [4.69, 9.17) is 5.73 Å². The summed E-state index contributed by atoms with van der Waals surface area (Å²) >= 11 is 1.70. The topological polar surface area (TPSA) is 151 Å². The zero-order chi connectivity index (χ0) is 29.4. The molecular weight excluding hydrogens is 518 g/mol. The van der Waals surface area contributed by atoms with Crippen molar-refractivity contribution in [3.05, 3.63) is 0 Å². The number of nitrogens with one attached hydrogen (secondary N) is 3. The maximum atomic E-state index is 13.9. The van der Waals surface area contributed by atoms with Gasteiger partial charge in [-0.3, -0.25) is 19.2 Å². The Balaban J connectivity index is 2.20. The number of carbonyl (C=O) groups excluding carboxylic acids is 5. The van der Waals surface area contributed by atoms with E-state index in [1.54, 1.807) is 18.7 Å². The Morgan fingerprint density at radius 1 is 1.05 bits per heavy atom. The third-order valence-electron chi connectivity index (χ3n) is 7.73. The van der Waals surface area contributed by atoms with Gasteiger partial charge in [0, 0.05) is 12.3 Å². The molecule has 0 aliphatic heterocycles. The average molecular weight is 568 g/mol. The van der Waals surface area contributed by atoms with Crippen molar-refractivity contribution in [3.63, 3.8) is 0 Å². The van der Waals surface area contributed by atoms with Crippen molar-refractivity contribution in [1.29, 1.82) is 0 Å². The van der Waals surface area contributed by atoms with E-state index in [0.717, 1.165) is 50.7 Å². The molecule has 39 heavy (non-hydrogen) atoms. The van der Waals surface area contributed by atoms with Crippen LogP contribution in [0.4, 0.5) is 4.79 Å². The molecule has 0 aromatic carbocycles. The number of primary amides is 1. The average Bonchev–Trinajstić information content (AvgIpc) is 3.68. The molecule has 2 fully saturated rings. The van der Waals surface area contributed by atoms with Crippen molar-refractivity contribution in [3.8, 4) is 0 Å². The predicted octanol–water partition coefficient (Wildman–Crippen LogP) is 2.73. The third-order valence-corrected chi connectivity index (χ3v) is 8.58. The van der Waals surface area contributed by atoms with Gasteiger partial charge in [0.05, 0.1) is 11.6 Å². The summed E-state index contributed by atoms with van der Waals surface area (Å²) in [7, 11) is 0. The zero-order valence-electron chi connectivity index (χ0n) is 24.6. The lowest BCUT2D eigenvalue weighted by molar-refractivity contribution is -0.144. The zero-order valence-corrected chi connectivity index (χ0v) is 25.4. The number of hydrogen-bond acceptors (Lipinski definition) is 6. The minimum absolute atomic E-state index is 0.272. The summed E-state index contributed by atoms with van der Waals surface area (Å²) in [6, 6.07) is -3.20. The van der Waals surface area contributed by atoms with Crippen LogP contribution in [0.2, 0.25) is 0 Å². The summed E-state index contributed by atoms with van der Waals surface area (Å²) in [5.41, 5.74) is 4.29. The molecule has 2 saturated carbocycles. The lowest BCUT2D eigenvalue weighted by atomic mass is 9.83. The second kappa shape index (κ2) is 14.4. The lowest BCUT2D eigenvalue weighted by Gasteiger charge is -2.40. The Bertz CT molecular complexity index is 890. The third kappa shape index (κ3) is 9.69. The van der Waals surface area contributed by atoms with Gasteiger partial charge in [0.2, 0.25) is 17.6 Å². The lowest BCUT2D eigenvalue weighted by Crippen LogP contribution is -2.63. The monoisotopic (exact) mass is 567 g/mol. The predicted molar refractivity (Wildman–Crippen MR) is 154 cm³/mol. The number of nitrogens with zero attached hydrogens (tertiary/aromatic N) is 1. The van der Waals surface area contributed by atoms with Crippen molar-refractivity contribution in [1.82, 2.24) is 20.9 Å². The Kier molecular flexibility index (Phi) is 12.1. The minimum atomic E-state index is -1.09. The van der Waals surface area contributed by atoms with Crippen molar-refractivity contribution in [2.45, 2.75) is 116 Å². The van der Waals surface area contributed by atoms with Crippen LogP contribution >= 0.6 is 11.8 Å². The molecule has 0 heterocycles. The number of ketones is 1. The molecule has 1 unspecified atom stereocenters. The van der Waals surface area contributed by atoms with E-state index in [2.05, 4.69) is 16.0 Å². The number of urea groups is 1. The molecule has 5 amide bonds. The van der Waals surface area contributed by atoms with Gasteiger partial charge in [0.1, 0.15) is 12.1 Å². The molecule has 10 nitrogen and oxygen atoms in total. The summed E-state index contributed by atoms with van der Waals surface area (Å²) in [5, 5.41) is 8.78. The van der Waals surface area contributed by atoms with Crippen molar-refractivity contribution in [2.24, 2.45) is 17.1 Å². The van der Waals surface area contributed by atoms with Crippen LogP contribution in [0.15, 0.2) is 0 Å². The van der Waals surface area contributed by atoms with Gasteiger partial charge in [-0.15, -0.1) is 0 Å². The van der Waals surface area contributed by atoms with Gasteiger partial charge in [0.25, 0.3) is 5.91 Å². The largest absolute Gasteiger partial charge is 0.363 e. The summed E-state index contributed by atoms with van der Waals surface area (Å²) in [6.07, 6.45) is 9.92. The Labute approximate surface area is 237 Å². The number of thioether (sulfide) groups is 1. The summed E-state index contributed by atoms with van der Waals surface area (Å²) in [5.74, 6) is -1.74. The summed E-state index contributed by atoms with van der Waals surface area (Å²) in [4.78, 5) is 65.8. The number of nitrogens with two attached hydrogens (primary N) is 1. The number of hydrogen-bond donors (Lipinski definition) is 4. The molecule has 0 aromatic rings. The van der Waals surface area contributed by atoms with Crippen LogP contribution in [-0.2, 0) is 19.2 Å². The van der Waals surface area contributed by atoms with Crippen molar-refractivity contribution >= 4 is 41.3 Å². The van der Waals surface area contributed by atoms with E-state index in [1.165, 1.54) is 4.90 Å². The van der Waals surface area contributed by atoms with E-state index in [9.17, 15) is 24.0 Å². The highest BCUT2D eigenvalue weighted by molar-refractivity contribution is 7.98. The Hall–Kier alpha value is -2.30. The van der Waals surface area contributed by atoms with Gasteiger partial charge >= 0.3 is 6.03 Å². The molecule has 2 rings (SSSR count). The molecule has 2 aliphatic carbocycles. The molecule has 3 atom stereocenters. The van der Waals surface area contributed by atoms with Crippen LogP contribution in [-0.4, -0.2) is 76.7 Å². The highest BCUT2D eigenvalue weighted by atomic mass is 32.2. The number of amides is 5. The van der Waals surface area contributed by atoms with Gasteiger partial charge in [-0.25, -0.2) is 4.79 Å². The van der Waals surface area contributed by atoms with Gasteiger partial charge in [-0.2, -0.15) is 11.8 Å². The maximum absolute atomic E-state index is 13.9. The van der Waals surface area contributed by atoms with Crippen LogP contribution in [0.3, 0.4) is 0 Å². The molecule has 0 radical (unpaired) electrons. The summed E-state index contributed by atoms with van der Waals surface area (Å²) < 4.78 is 0. The Morgan fingerprint density at radius 3 is 2.15 bits per heavy atom. The van der Waals surface area contributed by atoms with Crippen molar-refractivity contribution < 1.29 is 24.0 Å². The van der Waals surface area contributed by atoms with Crippen LogP contribution in [0.1, 0.15) is 92.4 Å². The first-order chi connectivity index (χ1) is 18.2. The normalized spacial score (nSPS) is 19.2. The SMILES string of the molecule is CCCN(C(=O)[C@@H](NC(=O)NC1(CSC)CCCCC1)C(C)(C)C)[C@@H](C)C(=O)NC(CC1CC1)C(=O)C(N)=O. The molecule has 0 bridgehead atoms. The van der Waals surface area contributed by atoms with Gasteiger partial charge in [0.15, 0.2) is 0 Å². The fraction of sp³-hybridized carbons (Fsp3) is 0.821. The standard InChI is InChI=1S/C28H49N5O5S/c1-7-15-33(18(2)24(36)30-20(16-19-11-12-19)21(34)23(29)35)25(37)22(27(3,4)5)31-26(38)32-28(17-39-6)13-9-8-10-14-28/h18-20,22H,7-17H2,1-6H3,(H2,29,35)(H,30,36)(H2,31,32,38)/t18-,20?,22+/m0/s1. The number of rotatable bonds is 14. The first-order valence-corrected chi connectivity index (χ1v) is 15.7. The molecule has 2 aliphatic rings. The highest BCUT2D eigenvalue weighted by Crippen LogP contribution is 2.34. The van der Waals surface area contributed by atoms with Gasteiger partial charge < -0.3 is 26.6 Å². The number of carbonyl (C=O) groups is 5. The second-order valence-electron chi connectivity index (χ2n) is 12.3. The van der Waals surface area contributed by atoms with Gasteiger partial charge in [-0.05, 0) is 50.2 Å². The second-order valence-corrected chi connectivity index (χ2v) is 13.2. The van der Waals surface area contributed by atoms with Crippen LogP contribution in [0, 0.1) is 11.3 Å².